The molecule has 8 heteroatoms. The Balaban J connectivity index is 0.000000392. The molecule has 1 aliphatic heterocycles. The zero-order valence-electron chi connectivity index (χ0n) is 20.6. The smallest absolute Gasteiger partial charge is 0.303 e. The number of halogens is 1. The molecule has 1 aliphatic carbocycles. The molecule has 0 unspecified atom stereocenters. The number of allylic oxidation sites excluding steroid dienone is 1. The maximum absolute atomic E-state index is 9.64. The Hall–Kier alpha value is -2.90. The second-order valence-corrected chi connectivity index (χ2v) is 9.70. The van der Waals surface area contributed by atoms with Gasteiger partial charge in [0.25, 0.3) is 0 Å². The third-order valence-corrected chi connectivity index (χ3v) is 6.85. The van der Waals surface area contributed by atoms with Crippen molar-refractivity contribution in [3.63, 3.8) is 0 Å². The van der Waals surface area contributed by atoms with Crippen LogP contribution in [0.1, 0.15) is 67.3 Å². The summed E-state index contributed by atoms with van der Waals surface area (Å²) in [5.41, 5.74) is 6.05. The van der Waals surface area contributed by atoms with E-state index in [0.717, 1.165) is 48.3 Å². The van der Waals surface area contributed by atoms with E-state index in [1.165, 1.54) is 48.8 Å². The number of nitrogens with zero attached hydrogens (tertiary/aromatic N) is 1. The van der Waals surface area contributed by atoms with Crippen molar-refractivity contribution in [3.8, 4) is 0 Å². The number of hydrogen-bond donors (Lipinski definition) is 4. The summed E-state index contributed by atoms with van der Waals surface area (Å²) < 4.78 is 0. The Morgan fingerprint density at radius 3 is 2.42 bits per heavy atom. The average Bonchev–Trinajstić information content (AvgIpc) is 3.13. The van der Waals surface area contributed by atoms with Gasteiger partial charge in [0.15, 0.2) is 0 Å². The topological polar surface area (TPSA) is 112 Å². The summed E-state index contributed by atoms with van der Waals surface area (Å²) in [6.07, 6.45) is 14.9. The first-order chi connectivity index (χ1) is 17.4. The van der Waals surface area contributed by atoms with Gasteiger partial charge in [-0.15, -0.1) is 0 Å². The molecule has 0 saturated heterocycles. The molecule has 0 spiro atoms. The molecule has 0 atom stereocenters. The number of rotatable bonds is 8. The van der Waals surface area contributed by atoms with Crippen LogP contribution in [0.3, 0.4) is 0 Å². The number of carboxylic acids is 2. The van der Waals surface area contributed by atoms with Gasteiger partial charge >= 0.3 is 11.9 Å². The molecule has 194 valence electrons. The van der Waals surface area contributed by atoms with Gasteiger partial charge in [-0.2, -0.15) is 0 Å². The van der Waals surface area contributed by atoms with Crippen LogP contribution in [0.2, 0.25) is 5.02 Å². The van der Waals surface area contributed by atoms with Crippen molar-refractivity contribution in [1.82, 2.24) is 10.3 Å². The molecule has 7 nitrogen and oxygen atoms in total. The molecule has 1 fully saturated rings. The van der Waals surface area contributed by atoms with Crippen LogP contribution >= 0.6 is 11.6 Å². The normalized spacial score (nSPS) is 15.9. The largest absolute Gasteiger partial charge is 0.481 e. The zero-order valence-corrected chi connectivity index (χ0v) is 21.4. The number of carboxylic acid groups (broad SMARTS) is 2. The van der Waals surface area contributed by atoms with E-state index in [2.05, 4.69) is 46.0 Å². The van der Waals surface area contributed by atoms with E-state index in [4.69, 9.17) is 21.8 Å². The SMILES string of the molecule is Clc1ccc2c(c1NCc1ccc(/C=C/C3CCCCC3)cn1)CCNCC2.O=C(O)CCC(=O)O. The molecule has 1 saturated carbocycles. The highest BCUT2D eigenvalue weighted by Crippen LogP contribution is 2.31. The Labute approximate surface area is 218 Å². The first kappa shape index (κ1) is 27.7. The molecule has 2 heterocycles. The fourth-order valence-corrected chi connectivity index (χ4v) is 4.78. The van der Waals surface area contributed by atoms with Crippen molar-refractivity contribution < 1.29 is 19.8 Å². The van der Waals surface area contributed by atoms with Crippen molar-refractivity contribution >= 4 is 35.3 Å². The predicted octanol–water partition coefficient (Wildman–Crippen LogP) is 5.56. The second-order valence-electron chi connectivity index (χ2n) is 9.29. The zero-order chi connectivity index (χ0) is 25.8. The van der Waals surface area contributed by atoms with Gasteiger partial charge in [0.1, 0.15) is 0 Å². The molecule has 1 aromatic heterocycles. The van der Waals surface area contributed by atoms with E-state index in [1.54, 1.807) is 0 Å². The minimum Gasteiger partial charge on any atom is -0.481 e. The first-order valence-corrected chi connectivity index (χ1v) is 13.1. The van der Waals surface area contributed by atoms with Crippen LogP contribution in [-0.4, -0.2) is 40.2 Å². The summed E-state index contributed by atoms with van der Waals surface area (Å²) in [5.74, 6) is -1.40. The Morgan fingerprint density at radius 2 is 1.75 bits per heavy atom. The first-order valence-electron chi connectivity index (χ1n) is 12.7. The highest BCUT2D eigenvalue weighted by atomic mass is 35.5. The van der Waals surface area contributed by atoms with E-state index >= 15 is 0 Å². The van der Waals surface area contributed by atoms with Crippen molar-refractivity contribution in [2.45, 2.75) is 64.3 Å². The second kappa shape index (κ2) is 14.6. The van der Waals surface area contributed by atoms with Crippen LogP contribution < -0.4 is 10.6 Å². The predicted molar refractivity (Wildman–Crippen MR) is 143 cm³/mol. The molecular formula is C28H36ClN3O4. The third kappa shape index (κ3) is 9.28. The Morgan fingerprint density at radius 1 is 1.03 bits per heavy atom. The van der Waals surface area contributed by atoms with Gasteiger partial charge in [0, 0.05) is 6.20 Å². The molecule has 4 N–H and O–H groups in total. The number of nitrogens with one attached hydrogen (secondary N) is 2. The fraction of sp³-hybridized carbons (Fsp3) is 0.464. The fourth-order valence-electron chi connectivity index (χ4n) is 4.54. The van der Waals surface area contributed by atoms with Crippen LogP contribution in [0, 0.1) is 5.92 Å². The van der Waals surface area contributed by atoms with Gasteiger partial charge < -0.3 is 20.8 Å². The van der Waals surface area contributed by atoms with Crippen LogP contribution in [0.5, 0.6) is 0 Å². The number of aromatic nitrogens is 1. The van der Waals surface area contributed by atoms with Gasteiger partial charge in [-0.1, -0.05) is 55.1 Å². The monoisotopic (exact) mass is 513 g/mol. The summed E-state index contributed by atoms with van der Waals surface area (Å²) in [5, 5.41) is 23.6. The highest BCUT2D eigenvalue weighted by molar-refractivity contribution is 6.33. The maximum Gasteiger partial charge on any atom is 0.303 e. The molecule has 0 amide bonds. The third-order valence-electron chi connectivity index (χ3n) is 6.54. The highest BCUT2D eigenvalue weighted by Gasteiger charge is 2.15. The van der Waals surface area contributed by atoms with E-state index in [0.29, 0.717) is 6.54 Å². The summed E-state index contributed by atoms with van der Waals surface area (Å²) in [7, 11) is 0. The number of carbonyl (C=O) groups is 2. The molecule has 4 rings (SSSR count). The summed E-state index contributed by atoms with van der Waals surface area (Å²) in [6, 6.07) is 8.47. The van der Waals surface area contributed by atoms with Gasteiger partial charge in [0.2, 0.25) is 0 Å². The van der Waals surface area contributed by atoms with Gasteiger partial charge in [-0.25, -0.2) is 0 Å². The number of hydrogen-bond acceptors (Lipinski definition) is 5. The standard InChI is InChI=1S/C24H30ClN3.C4H6O4/c25-23-11-9-20-12-14-26-15-13-22(20)24(23)28-17-21-10-8-19(16-27-21)7-6-18-4-2-1-3-5-18;5-3(6)1-2-4(7)8/h6-11,16,18,26,28H,1-5,12-15,17H2;1-2H2,(H,5,6)(H,7,8)/b7-6+;. The minimum atomic E-state index is -1.08. The van der Waals surface area contributed by atoms with E-state index < -0.39 is 11.9 Å². The molecule has 0 bridgehead atoms. The van der Waals surface area contributed by atoms with E-state index in [9.17, 15) is 9.59 Å². The summed E-state index contributed by atoms with van der Waals surface area (Å²) >= 11 is 6.51. The lowest BCUT2D eigenvalue weighted by atomic mass is 9.89. The van der Waals surface area contributed by atoms with Gasteiger partial charge in [-0.3, -0.25) is 14.6 Å². The van der Waals surface area contributed by atoms with E-state index in [1.807, 2.05) is 12.3 Å². The van der Waals surface area contributed by atoms with Crippen molar-refractivity contribution in [2.75, 3.05) is 18.4 Å². The molecule has 0 radical (unpaired) electrons. The Bertz CT molecular complexity index is 1020. The Kier molecular flexibility index (Phi) is 11.2. The maximum atomic E-state index is 9.64. The number of anilines is 1. The summed E-state index contributed by atoms with van der Waals surface area (Å²) in [6.45, 7) is 2.73. The quantitative estimate of drug-likeness (QED) is 0.365. The van der Waals surface area contributed by atoms with Crippen LogP contribution in [0.4, 0.5) is 5.69 Å². The number of fused-ring (bicyclic) bond motifs is 1. The van der Waals surface area contributed by atoms with Crippen molar-refractivity contribution in [1.29, 1.82) is 0 Å². The van der Waals surface area contributed by atoms with Crippen LogP contribution in [0.15, 0.2) is 36.5 Å². The average molecular weight is 514 g/mol. The molecule has 2 aromatic rings. The molecule has 36 heavy (non-hydrogen) atoms. The lowest BCUT2D eigenvalue weighted by molar-refractivity contribution is -0.143. The van der Waals surface area contributed by atoms with Crippen LogP contribution in [-0.2, 0) is 29.0 Å². The van der Waals surface area contributed by atoms with Crippen molar-refractivity contribution in [2.24, 2.45) is 5.92 Å². The molecule has 2 aliphatic rings. The summed E-state index contributed by atoms with van der Waals surface area (Å²) in [4.78, 5) is 23.9. The van der Waals surface area contributed by atoms with Gasteiger partial charge in [-0.05, 0) is 73.5 Å². The van der Waals surface area contributed by atoms with Crippen molar-refractivity contribution in [3.05, 3.63) is 63.9 Å². The minimum absolute atomic E-state index is 0.296. The number of aliphatic carboxylic acids is 2. The molecular weight excluding hydrogens is 478 g/mol. The van der Waals surface area contributed by atoms with E-state index in [-0.39, 0.29) is 12.8 Å². The number of benzene rings is 1. The lowest BCUT2D eigenvalue weighted by Crippen LogP contribution is -2.16. The molecule has 1 aromatic carbocycles. The van der Waals surface area contributed by atoms with Crippen LogP contribution in [0.25, 0.3) is 6.08 Å². The number of pyridine rings is 1. The lowest BCUT2D eigenvalue weighted by Gasteiger charge is -2.17. The van der Waals surface area contributed by atoms with Gasteiger partial charge in [0.05, 0.1) is 35.8 Å².